The van der Waals surface area contributed by atoms with Crippen LogP contribution in [0.4, 0.5) is 0 Å². The Hall–Kier alpha value is -3.61. The molecule has 7 nitrogen and oxygen atoms in total. The van der Waals surface area contributed by atoms with Crippen LogP contribution in [-0.4, -0.2) is 21.4 Å². The molecular formula is C20H18N4O3. The van der Waals surface area contributed by atoms with Crippen molar-refractivity contribution in [2.24, 2.45) is 0 Å². The summed E-state index contributed by atoms with van der Waals surface area (Å²) in [5.41, 5.74) is 7.52. The molecule has 0 bridgehead atoms. The summed E-state index contributed by atoms with van der Waals surface area (Å²) < 4.78 is 7.55. The minimum atomic E-state index is -0.522. The van der Waals surface area contributed by atoms with Crippen LogP contribution in [0.5, 0.6) is 0 Å². The summed E-state index contributed by atoms with van der Waals surface area (Å²) in [6.07, 6.45) is 0. The Labute approximate surface area is 155 Å². The van der Waals surface area contributed by atoms with Crippen LogP contribution in [-0.2, 0) is 6.54 Å². The molecule has 0 spiro atoms. The van der Waals surface area contributed by atoms with Crippen LogP contribution in [0.2, 0.25) is 0 Å². The summed E-state index contributed by atoms with van der Waals surface area (Å²) in [7, 11) is 0. The zero-order chi connectivity index (χ0) is 19.0. The first kappa shape index (κ1) is 16.8. The third-order valence-corrected chi connectivity index (χ3v) is 4.46. The summed E-state index contributed by atoms with van der Waals surface area (Å²) in [4.78, 5) is 29.1. The zero-order valence-corrected chi connectivity index (χ0v) is 14.9. The van der Waals surface area contributed by atoms with Gasteiger partial charge in [0.1, 0.15) is 11.4 Å². The second-order valence-electron chi connectivity index (χ2n) is 6.16. The maximum atomic E-state index is 12.4. The van der Waals surface area contributed by atoms with Crippen molar-refractivity contribution >= 4 is 33.8 Å². The van der Waals surface area contributed by atoms with Crippen LogP contribution in [0.1, 0.15) is 33.7 Å². The molecule has 4 aromatic rings. The highest BCUT2D eigenvalue weighted by Gasteiger charge is 2.15. The predicted octanol–water partition coefficient (Wildman–Crippen LogP) is 3.19. The molecule has 0 aliphatic heterocycles. The van der Waals surface area contributed by atoms with Gasteiger partial charge in [0, 0.05) is 17.5 Å². The number of hydrogen-bond acceptors (Lipinski definition) is 4. The lowest BCUT2D eigenvalue weighted by Crippen LogP contribution is -2.41. The molecule has 136 valence electrons. The van der Waals surface area contributed by atoms with Crippen molar-refractivity contribution in [3.63, 3.8) is 0 Å². The zero-order valence-electron chi connectivity index (χ0n) is 14.9. The lowest BCUT2D eigenvalue weighted by Gasteiger charge is -2.06. The maximum absolute atomic E-state index is 12.4. The Balaban J connectivity index is 1.48. The first-order valence-corrected chi connectivity index (χ1v) is 8.63. The summed E-state index contributed by atoms with van der Waals surface area (Å²) in [5.74, 6) is 0.0734. The number of aromatic nitrogens is 2. The Morgan fingerprint density at radius 3 is 2.63 bits per heavy atom. The highest BCUT2D eigenvalue weighted by atomic mass is 16.3. The number of nitrogens with zero attached hydrogens (tertiary/aromatic N) is 2. The number of hydrogen-bond donors (Lipinski definition) is 2. The van der Waals surface area contributed by atoms with Crippen LogP contribution in [0.25, 0.3) is 22.0 Å². The molecule has 0 atom stereocenters. The molecule has 2 aromatic heterocycles. The van der Waals surface area contributed by atoms with Gasteiger partial charge in [0.2, 0.25) is 0 Å². The van der Waals surface area contributed by atoms with E-state index in [1.54, 1.807) is 24.3 Å². The number of aryl methyl sites for hydroxylation is 2. The third-order valence-electron chi connectivity index (χ3n) is 4.46. The topological polar surface area (TPSA) is 89.2 Å². The van der Waals surface area contributed by atoms with Crippen LogP contribution < -0.4 is 10.9 Å². The van der Waals surface area contributed by atoms with E-state index in [-0.39, 0.29) is 5.76 Å². The van der Waals surface area contributed by atoms with Crippen LogP contribution >= 0.6 is 0 Å². The largest absolute Gasteiger partial charge is 0.451 e. The lowest BCUT2D eigenvalue weighted by molar-refractivity contribution is 0.0832. The molecular weight excluding hydrogens is 344 g/mol. The smallest absolute Gasteiger partial charge is 0.305 e. The number of carbonyl (C=O) groups excluding carboxylic acids is 2. The Morgan fingerprint density at radius 1 is 1.07 bits per heavy atom. The summed E-state index contributed by atoms with van der Waals surface area (Å²) in [6, 6.07) is 14.2. The van der Waals surface area contributed by atoms with Crippen molar-refractivity contribution in [3.8, 4) is 0 Å². The molecule has 7 heteroatoms. The fourth-order valence-electron chi connectivity index (χ4n) is 3.13. The molecule has 2 amide bonds. The number of fused-ring (bicyclic) bond motifs is 2. The lowest BCUT2D eigenvalue weighted by atomic mass is 10.2. The third kappa shape index (κ3) is 3.03. The van der Waals surface area contributed by atoms with Gasteiger partial charge in [0.15, 0.2) is 5.76 Å². The highest BCUT2D eigenvalue weighted by Crippen LogP contribution is 2.19. The molecule has 2 heterocycles. The van der Waals surface area contributed by atoms with Gasteiger partial charge in [0.05, 0.1) is 11.0 Å². The highest BCUT2D eigenvalue weighted by molar-refractivity contribution is 6.01. The molecule has 0 aliphatic carbocycles. The quantitative estimate of drug-likeness (QED) is 0.548. The van der Waals surface area contributed by atoms with Gasteiger partial charge in [-0.2, -0.15) is 0 Å². The maximum Gasteiger partial charge on any atom is 0.305 e. The van der Waals surface area contributed by atoms with Crippen molar-refractivity contribution in [1.82, 2.24) is 20.4 Å². The number of furan rings is 1. The van der Waals surface area contributed by atoms with Crippen molar-refractivity contribution in [1.29, 1.82) is 0 Å². The summed E-state index contributed by atoms with van der Waals surface area (Å²) >= 11 is 0. The molecule has 0 unspecified atom stereocenters. The van der Waals surface area contributed by atoms with Gasteiger partial charge in [-0.15, -0.1) is 0 Å². The van der Waals surface area contributed by atoms with Crippen LogP contribution in [0, 0.1) is 6.92 Å². The van der Waals surface area contributed by atoms with E-state index in [2.05, 4.69) is 20.4 Å². The molecule has 0 fully saturated rings. The predicted molar refractivity (Wildman–Crippen MR) is 101 cm³/mol. The standard InChI is InChI=1S/C20H18N4O3/c1-3-24-12(2)21-15-10-14(8-9-16(15)24)19(25)22-23-20(26)18-11-13-6-4-5-7-17(13)27-18/h4-11H,3H2,1-2H3,(H,22,25)(H,23,26). The number of benzene rings is 2. The van der Waals surface area contributed by atoms with Gasteiger partial charge in [-0.3, -0.25) is 20.4 Å². The van der Waals surface area contributed by atoms with Gasteiger partial charge in [0.25, 0.3) is 5.91 Å². The molecule has 0 aliphatic rings. The number of carbonyl (C=O) groups is 2. The van der Waals surface area contributed by atoms with E-state index in [1.807, 2.05) is 38.1 Å². The Morgan fingerprint density at radius 2 is 1.85 bits per heavy atom. The van der Waals surface area contributed by atoms with E-state index in [1.165, 1.54) is 0 Å². The molecule has 0 saturated carbocycles. The van der Waals surface area contributed by atoms with Crippen molar-refractivity contribution < 1.29 is 14.0 Å². The molecule has 0 radical (unpaired) electrons. The Kier molecular flexibility index (Phi) is 4.12. The van der Waals surface area contributed by atoms with Gasteiger partial charge in [-0.25, -0.2) is 4.98 Å². The molecule has 2 aromatic carbocycles. The van der Waals surface area contributed by atoms with Crippen LogP contribution in [0.3, 0.4) is 0 Å². The number of imidazole rings is 1. The van der Waals surface area contributed by atoms with E-state index in [4.69, 9.17) is 4.42 Å². The number of nitrogens with one attached hydrogen (secondary N) is 2. The monoisotopic (exact) mass is 362 g/mol. The van der Waals surface area contributed by atoms with Crippen molar-refractivity contribution in [3.05, 3.63) is 65.7 Å². The minimum absolute atomic E-state index is 0.129. The summed E-state index contributed by atoms with van der Waals surface area (Å²) in [6.45, 7) is 4.78. The van der Waals surface area contributed by atoms with Gasteiger partial charge < -0.3 is 8.98 Å². The van der Waals surface area contributed by atoms with E-state index < -0.39 is 11.8 Å². The molecule has 27 heavy (non-hydrogen) atoms. The second-order valence-corrected chi connectivity index (χ2v) is 6.16. The van der Waals surface area contributed by atoms with Gasteiger partial charge in [-0.05, 0) is 44.2 Å². The van der Waals surface area contributed by atoms with Gasteiger partial charge in [-0.1, -0.05) is 18.2 Å². The first-order chi connectivity index (χ1) is 13.1. The number of amides is 2. The minimum Gasteiger partial charge on any atom is -0.451 e. The fourth-order valence-corrected chi connectivity index (χ4v) is 3.13. The van der Waals surface area contributed by atoms with E-state index in [9.17, 15) is 9.59 Å². The van der Waals surface area contributed by atoms with E-state index >= 15 is 0 Å². The summed E-state index contributed by atoms with van der Waals surface area (Å²) in [5, 5.41) is 0.821. The Bertz CT molecular complexity index is 1140. The van der Waals surface area contributed by atoms with Crippen molar-refractivity contribution in [2.45, 2.75) is 20.4 Å². The van der Waals surface area contributed by atoms with Gasteiger partial charge >= 0.3 is 5.91 Å². The van der Waals surface area contributed by atoms with E-state index in [0.717, 1.165) is 28.8 Å². The molecule has 0 saturated heterocycles. The normalized spacial score (nSPS) is 11.0. The van der Waals surface area contributed by atoms with E-state index in [0.29, 0.717) is 11.1 Å². The molecule has 4 rings (SSSR count). The average Bonchev–Trinajstić information content (AvgIpc) is 3.24. The fraction of sp³-hybridized carbons (Fsp3) is 0.150. The average molecular weight is 362 g/mol. The second kappa shape index (κ2) is 6.60. The number of para-hydroxylation sites is 1. The van der Waals surface area contributed by atoms with Crippen molar-refractivity contribution in [2.75, 3.05) is 0 Å². The SMILES string of the molecule is CCn1c(C)nc2cc(C(=O)NNC(=O)c3cc4ccccc4o3)ccc21. The van der Waals surface area contributed by atoms with Crippen LogP contribution in [0.15, 0.2) is 52.9 Å². The number of hydrazine groups is 1. The first-order valence-electron chi connectivity index (χ1n) is 8.63. The molecule has 2 N–H and O–H groups in total. The number of rotatable bonds is 3.